The topological polar surface area (TPSA) is 58.6 Å². The first kappa shape index (κ1) is 16.3. The highest BCUT2D eigenvalue weighted by molar-refractivity contribution is 6.33. The first-order valence-corrected chi connectivity index (χ1v) is 7.98. The van der Waals surface area contributed by atoms with Crippen LogP contribution in [0.25, 0.3) is 0 Å². The maximum Gasteiger partial charge on any atom is 0.337 e. The van der Waals surface area contributed by atoms with Gasteiger partial charge in [0.15, 0.2) is 0 Å². The molecule has 0 aromatic heterocycles. The number of ether oxygens (including phenoxy) is 1. The molecule has 0 saturated heterocycles. The fourth-order valence-corrected chi connectivity index (χ4v) is 2.95. The van der Waals surface area contributed by atoms with Crippen molar-refractivity contribution in [3.05, 3.63) is 58.6 Å². The van der Waals surface area contributed by atoms with Crippen LogP contribution >= 0.6 is 11.6 Å². The maximum atomic E-state index is 12.5. The summed E-state index contributed by atoms with van der Waals surface area (Å²) in [5.41, 5.74) is 3.04. The molecule has 0 radical (unpaired) electrons. The largest absolute Gasteiger partial charge is 0.465 e. The Balaban J connectivity index is 1.70. The van der Waals surface area contributed by atoms with Crippen LogP contribution in [-0.4, -0.2) is 32.1 Å². The fraction of sp³-hybridized carbons (Fsp3) is 0.222. The van der Waals surface area contributed by atoms with Gasteiger partial charge >= 0.3 is 5.97 Å². The molecular weight excluding hydrogens is 328 g/mol. The van der Waals surface area contributed by atoms with Gasteiger partial charge in [0.25, 0.3) is 0 Å². The van der Waals surface area contributed by atoms with E-state index in [9.17, 15) is 9.59 Å². The number of hydrogen-bond donors (Lipinski definition) is 1. The predicted octanol–water partition coefficient (Wildman–Crippen LogP) is 3.13. The average molecular weight is 345 g/mol. The Hall–Kier alpha value is -2.53. The minimum absolute atomic E-state index is 0.0421. The molecule has 3 rings (SSSR count). The zero-order valence-corrected chi connectivity index (χ0v) is 14.0. The monoisotopic (exact) mass is 344 g/mol. The van der Waals surface area contributed by atoms with Crippen LogP contribution in [0.4, 0.5) is 11.4 Å². The molecule has 2 aromatic carbocycles. The van der Waals surface area contributed by atoms with Crippen molar-refractivity contribution in [2.75, 3.05) is 30.4 Å². The molecule has 2 aromatic rings. The van der Waals surface area contributed by atoms with Crippen molar-refractivity contribution in [1.82, 2.24) is 0 Å². The number of halogens is 1. The molecule has 124 valence electrons. The Morgan fingerprint density at radius 1 is 1.25 bits per heavy atom. The molecule has 0 aliphatic carbocycles. The third-order valence-corrected chi connectivity index (χ3v) is 4.34. The van der Waals surface area contributed by atoms with Crippen LogP contribution in [0.15, 0.2) is 42.5 Å². The summed E-state index contributed by atoms with van der Waals surface area (Å²) in [5.74, 6) is -0.492. The summed E-state index contributed by atoms with van der Waals surface area (Å²) in [4.78, 5) is 25.9. The van der Waals surface area contributed by atoms with Crippen LogP contribution in [0.1, 0.15) is 15.9 Å². The molecule has 0 bridgehead atoms. The average Bonchev–Trinajstić information content (AvgIpc) is 3.04. The van der Waals surface area contributed by atoms with Gasteiger partial charge in [-0.05, 0) is 36.2 Å². The van der Waals surface area contributed by atoms with Crippen molar-refractivity contribution in [1.29, 1.82) is 0 Å². The highest BCUT2D eigenvalue weighted by Crippen LogP contribution is 2.28. The quantitative estimate of drug-likeness (QED) is 0.866. The minimum atomic E-state index is -0.450. The van der Waals surface area contributed by atoms with Gasteiger partial charge in [0.05, 0.1) is 29.9 Å². The summed E-state index contributed by atoms with van der Waals surface area (Å²) in [6.07, 6.45) is 0.862. The van der Waals surface area contributed by atoms with E-state index in [2.05, 4.69) is 5.32 Å². The molecule has 1 aliphatic rings. The van der Waals surface area contributed by atoms with Crippen molar-refractivity contribution in [2.24, 2.45) is 0 Å². The number of benzene rings is 2. The number of rotatable bonds is 4. The van der Waals surface area contributed by atoms with E-state index in [0.717, 1.165) is 12.1 Å². The minimum Gasteiger partial charge on any atom is -0.465 e. The number of carbonyl (C=O) groups is 2. The molecule has 0 fully saturated rings. The van der Waals surface area contributed by atoms with Gasteiger partial charge in [0.2, 0.25) is 5.91 Å². The molecule has 1 amide bonds. The van der Waals surface area contributed by atoms with Crippen LogP contribution in [0.2, 0.25) is 5.02 Å². The van der Waals surface area contributed by atoms with Crippen molar-refractivity contribution >= 4 is 34.9 Å². The fourth-order valence-electron chi connectivity index (χ4n) is 2.77. The third kappa shape index (κ3) is 3.21. The Labute approximate surface area is 145 Å². The van der Waals surface area contributed by atoms with E-state index in [1.807, 2.05) is 24.3 Å². The van der Waals surface area contributed by atoms with Crippen molar-refractivity contribution in [2.45, 2.75) is 6.42 Å². The summed E-state index contributed by atoms with van der Waals surface area (Å²) < 4.78 is 4.69. The van der Waals surface area contributed by atoms with Crippen molar-refractivity contribution in [3.63, 3.8) is 0 Å². The van der Waals surface area contributed by atoms with E-state index < -0.39 is 5.97 Å². The Morgan fingerprint density at radius 3 is 2.83 bits per heavy atom. The molecular formula is C18H17ClN2O3. The highest BCUT2D eigenvalue weighted by atomic mass is 35.5. The number of amides is 1. The van der Waals surface area contributed by atoms with E-state index in [1.165, 1.54) is 12.7 Å². The van der Waals surface area contributed by atoms with E-state index in [4.69, 9.17) is 16.3 Å². The summed E-state index contributed by atoms with van der Waals surface area (Å²) in [6, 6.07) is 12.7. The third-order valence-electron chi connectivity index (χ3n) is 4.01. The summed E-state index contributed by atoms with van der Waals surface area (Å²) in [7, 11) is 1.32. The SMILES string of the molecule is COC(=O)c1ccc(Cl)c(NCC(=O)N2CCc3ccccc32)c1. The number of nitrogens with one attached hydrogen (secondary N) is 1. The first-order chi connectivity index (χ1) is 11.6. The van der Waals surface area contributed by atoms with Gasteiger partial charge in [-0.1, -0.05) is 29.8 Å². The lowest BCUT2D eigenvalue weighted by atomic mass is 10.2. The summed E-state index contributed by atoms with van der Waals surface area (Å²) in [5, 5.41) is 3.45. The van der Waals surface area contributed by atoms with Gasteiger partial charge in [0.1, 0.15) is 0 Å². The Bertz CT molecular complexity index is 792. The Morgan fingerprint density at radius 2 is 2.04 bits per heavy atom. The van der Waals surface area contributed by atoms with Crippen LogP contribution in [-0.2, 0) is 16.0 Å². The smallest absolute Gasteiger partial charge is 0.337 e. The van der Waals surface area contributed by atoms with Crippen LogP contribution in [0.3, 0.4) is 0 Å². The van der Waals surface area contributed by atoms with Gasteiger partial charge in [-0.3, -0.25) is 4.79 Å². The Kier molecular flexibility index (Phi) is 4.71. The number of carbonyl (C=O) groups excluding carboxylic acids is 2. The molecule has 0 unspecified atom stereocenters. The van der Waals surface area contributed by atoms with E-state index in [-0.39, 0.29) is 12.5 Å². The standard InChI is InChI=1S/C18H17ClN2O3/c1-24-18(23)13-6-7-14(19)15(10-13)20-11-17(22)21-9-8-12-4-2-3-5-16(12)21/h2-7,10,20H,8-9,11H2,1H3. The number of methoxy groups -OCH3 is 1. The zero-order valence-electron chi connectivity index (χ0n) is 13.2. The summed E-state index contributed by atoms with van der Waals surface area (Å²) >= 11 is 6.13. The molecule has 0 saturated carbocycles. The normalized spacial score (nSPS) is 12.7. The molecule has 5 nitrogen and oxygen atoms in total. The number of hydrogen-bond acceptors (Lipinski definition) is 4. The van der Waals surface area contributed by atoms with Gasteiger partial charge in [-0.15, -0.1) is 0 Å². The molecule has 24 heavy (non-hydrogen) atoms. The van der Waals surface area contributed by atoms with Gasteiger partial charge in [0, 0.05) is 12.2 Å². The van der Waals surface area contributed by atoms with E-state index in [0.29, 0.717) is 22.8 Å². The number of fused-ring (bicyclic) bond motifs is 1. The van der Waals surface area contributed by atoms with Crippen LogP contribution < -0.4 is 10.2 Å². The van der Waals surface area contributed by atoms with Gasteiger partial charge in [-0.2, -0.15) is 0 Å². The lowest BCUT2D eigenvalue weighted by molar-refractivity contribution is -0.116. The highest BCUT2D eigenvalue weighted by Gasteiger charge is 2.23. The van der Waals surface area contributed by atoms with Crippen molar-refractivity contribution < 1.29 is 14.3 Å². The van der Waals surface area contributed by atoms with Gasteiger partial charge < -0.3 is 15.0 Å². The van der Waals surface area contributed by atoms with Crippen molar-refractivity contribution in [3.8, 4) is 0 Å². The number of esters is 1. The molecule has 1 heterocycles. The van der Waals surface area contributed by atoms with E-state index >= 15 is 0 Å². The lowest BCUT2D eigenvalue weighted by Gasteiger charge is -2.18. The molecule has 0 spiro atoms. The van der Waals surface area contributed by atoms with Crippen LogP contribution in [0, 0.1) is 0 Å². The second kappa shape index (κ2) is 6.93. The number of anilines is 2. The van der Waals surface area contributed by atoms with Crippen LogP contribution in [0.5, 0.6) is 0 Å². The predicted molar refractivity (Wildman–Crippen MR) is 93.8 cm³/mol. The molecule has 1 aliphatic heterocycles. The number of nitrogens with zero attached hydrogens (tertiary/aromatic N) is 1. The second-order valence-electron chi connectivity index (χ2n) is 5.46. The maximum absolute atomic E-state index is 12.5. The number of para-hydroxylation sites is 1. The molecule has 0 atom stereocenters. The molecule has 1 N–H and O–H groups in total. The second-order valence-corrected chi connectivity index (χ2v) is 5.87. The molecule has 6 heteroatoms. The van der Waals surface area contributed by atoms with Gasteiger partial charge in [-0.25, -0.2) is 4.79 Å². The summed E-state index contributed by atoms with van der Waals surface area (Å²) in [6.45, 7) is 0.772. The first-order valence-electron chi connectivity index (χ1n) is 7.60. The van der Waals surface area contributed by atoms with E-state index in [1.54, 1.807) is 23.1 Å². The lowest BCUT2D eigenvalue weighted by Crippen LogP contribution is -2.34. The zero-order chi connectivity index (χ0) is 17.1.